The topological polar surface area (TPSA) is 57.7 Å². The molecule has 0 aromatic heterocycles. The van der Waals surface area contributed by atoms with Gasteiger partial charge in [0.15, 0.2) is 0 Å². The van der Waals surface area contributed by atoms with Gasteiger partial charge in [-0.25, -0.2) is 8.78 Å². The lowest BCUT2D eigenvalue weighted by atomic mass is 10.0. The second-order valence-corrected chi connectivity index (χ2v) is 8.78. The number of carbonyl (C=O) groups is 3. The highest BCUT2D eigenvalue weighted by Gasteiger charge is 2.27. The molecule has 0 unspecified atom stereocenters. The number of Topliss-reactive ketones (excluding diaryl/α,β-unsaturated/α-hetero) is 1. The standard InChI is InChI=1S/C27H23ClF2N2O3/c28-23-17-24(29)22(16-25(23)30)27(35)32-12-10-31(11-13-32)26(34)15-21(33)14-18-6-8-20(9-7-18)19-4-2-1-3-5-19/h1-9,16-17H,10-15H2. The molecule has 0 N–H and O–H groups in total. The van der Waals surface area contributed by atoms with Gasteiger partial charge in [-0.15, -0.1) is 0 Å². The van der Waals surface area contributed by atoms with E-state index in [2.05, 4.69) is 0 Å². The Bertz CT molecular complexity index is 1240. The molecule has 180 valence electrons. The molecule has 0 saturated carbocycles. The van der Waals surface area contributed by atoms with Gasteiger partial charge < -0.3 is 9.80 Å². The predicted octanol–water partition coefficient (Wildman–Crippen LogP) is 4.77. The van der Waals surface area contributed by atoms with Crippen molar-refractivity contribution >= 4 is 29.2 Å². The van der Waals surface area contributed by atoms with E-state index in [1.165, 1.54) is 9.80 Å². The Hall–Kier alpha value is -3.58. The maximum absolute atomic E-state index is 14.1. The van der Waals surface area contributed by atoms with Gasteiger partial charge in [0.2, 0.25) is 5.91 Å². The summed E-state index contributed by atoms with van der Waals surface area (Å²) in [5.41, 5.74) is 2.56. The number of piperazine rings is 1. The van der Waals surface area contributed by atoms with E-state index in [4.69, 9.17) is 11.6 Å². The number of hydrogen-bond donors (Lipinski definition) is 0. The molecule has 8 heteroatoms. The highest BCUT2D eigenvalue weighted by Crippen LogP contribution is 2.22. The lowest BCUT2D eigenvalue weighted by Gasteiger charge is -2.34. The van der Waals surface area contributed by atoms with Crippen molar-refractivity contribution in [1.82, 2.24) is 9.80 Å². The summed E-state index contributed by atoms with van der Waals surface area (Å²) < 4.78 is 27.7. The molecular formula is C27H23ClF2N2O3. The molecule has 5 nitrogen and oxygen atoms in total. The first kappa shape index (κ1) is 24.5. The summed E-state index contributed by atoms with van der Waals surface area (Å²) in [6.45, 7) is 0.732. The molecule has 2 amide bonds. The van der Waals surface area contributed by atoms with E-state index >= 15 is 0 Å². The smallest absolute Gasteiger partial charge is 0.257 e. The van der Waals surface area contributed by atoms with E-state index < -0.39 is 28.1 Å². The summed E-state index contributed by atoms with van der Waals surface area (Å²) in [7, 11) is 0. The van der Waals surface area contributed by atoms with Crippen LogP contribution < -0.4 is 0 Å². The van der Waals surface area contributed by atoms with Crippen LogP contribution in [0.15, 0.2) is 66.7 Å². The van der Waals surface area contributed by atoms with Crippen LogP contribution in [0, 0.1) is 11.6 Å². The maximum atomic E-state index is 14.1. The minimum Gasteiger partial charge on any atom is -0.339 e. The van der Waals surface area contributed by atoms with Gasteiger partial charge in [0.1, 0.15) is 17.4 Å². The number of benzene rings is 3. The first-order valence-electron chi connectivity index (χ1n) is 11.2. The van der Waals surface area contributed by atoms with Crippen LogP contribution in [-0.2, 0) is 16.0 Å². The fourth-order valence-corrected chi connectivity index (χ4v) is 4.18. The van der Waals surface area contributed by atoms with Gasteiger partial charge in [-0.1, -0.05) is 66.2 Å². The van der Waals surface area contributed by atoms with Crippen LogP contribution in [-0.4, -0.2) is 53.6 Å². The molecule has 1 heterocycles. The van der Waals surface area contributed by atoms with Gasteiger partial charge in [0, 0.05) is 32.6 Å². The molecule has 1 fully saturated rings. The van der Waals surface area contributed by atoms with Crippen LogP contribution in [0.4, 0.5) is 8.78 Å². The fraction of sp³-hybridized carbons (Fsp3) is 0.222. The van der Waals surface area contributed by atoms with Crippen molar-refractivity contribution in [3.05, 3.63) is 94.5 Å². The third kappa shape index (κ3) is 5.92. The molecule has 1 aliphatic heterocycles. The molecule has 0 aliphatic carbocycles. The predicted molar refractivity (Wildman–Crippen MR) is 129 cm³/mol. The number of halogens is 3. The van der Waals surface area contributed by atoms with Crippen molar-refractivity contribution in [1.29, 1.82) is 0 Å². The quantitative estimate of drug-likeness (QED) is 0.365. The van der Waals surface area contributed by atoms with Crippen molar-refractivity contribution in [3.8, 4) is 11.1 Å². The van der Waals surface area contributed by atoms with E-state index in [0.29, 0.717) is 0 Å². The van der Waals surface area contributed by atoms with Crippen LogP contribution in [0.1, 0.15) is 22.3 Å². The number of rotatable bonds is 6. The van der Waals surface area contributed by atoms with Crippen molar-refractivity contribution < 1.29 is 23.2 Å². The Morgan fingerprint density at radius 2 is 1.37 bits per heavy atom. The Balaban J connectivity index is 1.27. The largest absolute Gasteiger partial charge is 0.339 e. The molecule has 0 atom stereocenters. The Kier molecular flexibility index (Phi) is 7.56. The zero-order valence-corrected chi connectivity index (χ0v) is 19.6. The van der Waals surface area contributed by atoms with Crippen molar-refractivity contribution in [2.24, 2.45) is 0 Å². The molecule has 0 spiro atoms. The van der Waals surface area contributed by atoms with Crippen LogP contribution >= 0.6 is 11.6 Å². The zero-order chi connectivity index (χ0) is 24.9. The average molecular weight is 497 g/mol. The minimum absolute atomic E-state index is 0.153. The van der Waals surface area contributed by atoms with Crippen LogP contribution in [0.25, 0.3) is 11.1 Å². The molecule has 0 bridgehead atoms. The van der Waals surface area contributed by atoms with E-state index in [0.717, 1.165) is 28.8 Å². The summed E-state index contributed by atoms with van der Waals surface area (Å²) in [5.74, 6) is -2.95. The SMILES string of the molecule is O=C(CC(=O)N1CCN(C(=O)c2cc(F)c(Cl)cc2F)CC1)Cc1ccc(-c2ccccc2)cc1. The second kappa shape index (κ2) is 10.8. The normalized spacial score (nSPS) is 13.6. The van der Waals surface area contributed by atoms with E-state index in [-0.39, 0.29) is 50.7 Å². The lowest BCUT2D eigenvalue weighted by molar-refractivity contribution is -0.136. The van der Waals surface area contributed by atoms with E-state index in [1.54, 1.807) is 0 Å². The average Bonchev–Trinajstić information content (AvgIpc) is 2.87. The Morgan fingerprint density at radius 1 is 0.771 bits per heavy atom. The van der Waals surface area contributed by atoms with Crippen molar-refractivity contribution in [2.75, 3.05) is 26.2 Å². The lowest BCUT2D eigenvalue weighted by Crippen LogP contribution is -2.51. The maximum Gasteiger partial charge on any atom is 0.257 e. The van der Waals surface area contributed by atoms with Gasteiger partial charge in [-0.2, -0.15) is 0 Å². The number of ketones is 1. The highest BCUT2D eigenvalue weighted by molar-refractivity contribution is 6.30. The van der Waals surface area contributed by atoms with Crippen LogP contribution in [0.5, 0.6) is 0 Å². The minimum atomic E-state index is -0.901. The van der Waals surface area contributed by atoms with Crippen LogP contribution in [0.3, 0.4) is 0 Å². The molecular weight excluding hydrogens is 474 g/mol. The van der Waals surface area contributed by atoms with Crippen LogP contribution in [0.2, 0.25) is 5.02 Å². The molecule has 3 aromatic carbocycles. The molecule has 3 aromatic rings. The summed E-state index contributed by atoms with van der Waals surface area (Å²) in [6, 6.07) is 19.1. The van der Waals surface area contributed by atoms with E-state index in [9.17, 15) is 23.2 Å². The van der Waals surface area contributed by atoms with Gasteiger partial charge >= 0.3 is 0 Å². The van der Waals surface area contributed by atoms with Gasteiger partial charge in [-0.3, -0.25) is 14.4 Å². The van der Waals surface area contributed by atoms with Gasteiger partial charge in [-0.05, 0) is 28.8 Å². The number of amides is 2. The van der Waals surface area contributed by atoms with Gasteiger partial charge in [0.05, 0.1) is 17.0 Å². The molecule has 35 heavy (non-hydrogen) atoms. The number of hydrogen-bond acceptors (Lipinski definition) is 3. The Labute approximate surface area is 206 Å². The summed E-state index contributed by atoms with van der Waals surface area (Å²) in [6.07, 6.45) is -0.0773. The fourth-order valence-electron chi connectivity index (χ4n) is 4.03. The zero-order valence-electron chi connectivity index (χ0n) is 18.8. The monoisotopic (exact) mass is 496 g/mol. The van der Waals surface area contributed by atoms with Crippen molar-refractivity contribution in [3.63, 3.8) is 0 Å². The Morgan fingerprint density at radius 3 is 2.03 bits per heavy atom. The highest BCUT2D eigenvalue weighted by atomic mass is 35.5. The molecule has 1 saturated heterocycles. The third-order valence-corrected chi connectivity index (χ3v) is 6.26. The first-order valence-corrected chi connectivity index (χ1v) is 11.6. The second-order valence-electron chi connectivity index (χ2n) is 8.37. The third-order valence-electron chi connectivity index (χ3n) is 5.97. The summed E-state index contributed by atoms with van der Waals surface area (Å²) in [5, 5.41) is -0.397. The molecule has 0 radical (unpaired) electrons. The van der Waals surface area contributed by atoms with Gasteiger partial charge in [0.25, 0.3) is 5.91 Å². The number of carbonyl (C=O) groups excluding carboxylic acids is 3. The summed E-state index contributed by atoms with van der Waals surface area (Å²) in [4.78, 5) is 40.5. The van der Waals surface area contributed by atoms with Crippen molar-refractivity contribution in [2.45, 2.75) is 12.8 Å². The first-order chi connectivity index (χ1) is 16.8. The molecule has 1 aliphatic rings. The number of nitrogens with zero attached hydrogens (tertiary/aromatic N) is 2. The summed E-state index contributed by atoms with van der Waals surface area (Å²) >= 11 is 5.54. The van der Waals surface area contributed by atoms with E-state index in [1.807, 2.05) is 54.6 Å². The molecule has 4 rings (SSSR count).